The van der Waals surface area contributed by atoms with E-state index >= 15 is 0 Å². The van der Waals surface area contributed by atoms with Crippen LogP contribution in [-0.2, 0) is 4.57 Å². The topological polar surface area (TPSA) is 77.8 Å². The smallest absolute Gasteiger partial charge is 0.324 e. The van der Waals surface area contributed by atoms with Crippen molar-refractivity contribution in [1.82, 2.24) is 0 Å². The predicted octanol–water partition coefficient (Wildman–Crippen LogP) is 5.64. The van der Waals surface area contributed by atoms with E-state index in [0.29, 0.717) is 0 Å². The zero-order valence-corrected chi connectivity index (χ0v) is 18.9. The van der Waals surface area contributed by atoms with Gasteiger partial charge in [0, 0.05) is 0 Å². The minimum absolute atomic E-state index is 1.36. The highest BCUT2D eigenvalue weighted by Gasteiger charge is 2.25. The first kappa shape index (κ1) is 28.3. The predicted molar refractivity (Wildman–Crippen MR) is 112 cm³/mol. The summed E-state index contributed by atoms with van der Waals surface area (Å²) in [5, 5.41) is 0. The Bertz CT molecular complexity index is 280. The fraction of sp³-hybridized carbons (Fsp3) is 1.00. The Balaban J connectivity index is 0. The van der Waals surface area contributed by atoms with Gasteiger partial charge in [-0.15, -0.1) is 0 Å². The van der Waals surface area contributed by atoms with Crippen LogP contribution < -0.4 is 0 Å². The van der Waals surface area contributed by atoms with Crippen LogP contribution >= 0.6 is 7.82 Å². The van der Waals surface area contributed by atoms with Crippen LogP contribution in [0.4, 0.5) is 0 Å². The Morgan fingerprint density at radius 1 is 0.538 bits per heavy atom. The maximum atomic E-state index is 8.88. The second-order valence-corrected chi connectivity index (χ2v) is 8.60. The van der Waals surface area contributed by atoms with Gasteiger partial charge in [-0.2, -0.15) is 0 Å². The molecule has 0 heterocycles. The van der Waals surface area contributed by atoms with Gasteiger partial charge in [0.1, 0.15) is 0 Å². The summed E-state index contributed by atoms with van der Waals surface area (Å²) < 4.78 is 10.3. The van der Waals surface area contributed by atoms with Gasteiger partial charge in [-0.1, -0.05) is 53.4 Å². The largest absolute Gasteiger partial charge is 0.466 e. The second kappa shape index (κ2) is 18.4. The third kappa shape index (κ3) is 22.1. The molecule has 5 nitrogen and oxygen atoms in total. The molecule has 0 saturated heterocycles. The number of hydrogen-bond acceptors (Lipinski definition) is 1. The molecule has 0 spiro atoms. The van der Waals surface area contributed by atoms with Crippen LogP contribution in [0.2, 0.25) is 0 Å². The minimum atomic E-state index is -4.64. The standard InChI is InChI=1S/C20H44N.H3O4P/c1-5-9-13-17-21(18-14-10-6-2,19-15-11-7-3)20-16-12-8-4;1-5(2,3)4/h5-20H2,1-4H3;(H3,1,2,3,4)/q+1;. The lowest BCUT2D eigenvalue weighted by atomic mass is 10.1. The first-order valence-corrected chi connectivity index (χ1v) is 12.4. The first-order chi connectivity index (χ1) is 12.2. The van der Waals surface area contributed by atoms with Crippen molar-refractivity contribution in [1.29, 1.82) is 0 Å². The summed E-state index contributed by atoms with van der Waals surface area (Å²) in [6.07, 6.45) is 16.9. The van der Waals surface area contributed by atoms with Crippen LogP contribution in [0.3, 0.4) is 0 Å². The molecule has 0 aliphatic rings. The molecule has 0 radical (unpaired) electrons. The SMILES string of the molecule is CCCCC[N+](CCCCC)(CCCCC)CCCCC.O=P(O)(O)O. The van der Waals surface area contributed by atoms with Gasteiger partial charge >= 0.3 is 7.82 Å². The van der Waals surface area contributed by atoms with Crippen molar-refractivity contribution in [3.63, 3.8) is 0 Å². The maximum Gasteiger partial charge on any atom is 0.466 e. The Hall–Kier alpha value is 0.0700. The summed E-state index contributed by atoms with van der Waals surface area (Å²) in [5.74, 6) is 0. The Labute approximate surface area is 163 Å². The van der Waals surface area contributed by atoms with Gasteiger partial charge in [0.2, 0.25) is 0 Å². The molecule has 26 heavy (non-hydrogen) atoms. The van der Waals surface area contributed by atoms with E-state index in [-0.39, 0.29) is 0 Å². The van der Waals surface area contributed by atoms with Crippen LogP contribution in [0.5, 0.6) is 0 Å². The van der Waals surface area contributed by atoms with E-state index in [2.05, 4.69) is 27.7 Å². The fourth-order valence-electron chi connectivity index (χ4n) is 3.46. The van der Waals surface area contributed by atoms with Gasteiger partial charge in [0.25, 0.3) is 0 Å². The van der Waals surface area contributed by atoms with Gasteiger partial charge in [-0.25, -0.2) is 4.57 Å². The number of quaternary nitrogens is 1. The maximum absolute atomic E-state index is 8.88. The lowest BCUT2D eigenvalue weighted by molar-refractivity contribution is -0.929. The van der Waals surface area contributed by atoms with E-state index < -0.39 is 7.82 Å². The molecule has 0 unspecified atom stereocenters. The summed E-state index contributed by atoms with van der Waals surface area (Å²) in [6.45, 7) is 15.1. The van der Waals surface area contributed by atoms with Crippen molar-refractivity contribution < 1.29 is 23.7 Å². The van der Waals surface area contributed by atoms with E-state index in [0.717, 1.165) is 0 Å². The summed E-state index contributed by atoms with van der Waals surface area (Å²) in [7, 11) is -4.64. The third-order valence-electron chi connectivity index (χ3n) is 4.94. The van der Waals surface area contributed by atoms with Crippen LogP contribution in [0.15, 0.2) is 0 Å². The number of rotatable bonds is 16. The van der Waals surface area contributed by atoms with Crippen LogP contribution in [0.1, 0.15) is 105 Å². The molecular weight excluding hydrogens is 349 g/mol. The average Bonchev–Trinajstić information content (AvgIpc) is 2.54. The average molecular weight is 397 g/mol. The van der Waals surface area contributed by atoms with Crippen LogP contribution in [-0.4, -0.2) is 45.3 Å². The summed E-state index contributed by atoms with van der Waals surface area (Å²) in [5.41, 5.74) is 0. The Morgan fingerprint density at radius 2 is 0.731 bits per heavy atom. The molecule has 0 fully saturated rings. The summed E-state index contributed by atoms with van der Waals surface area (Å²) >= 11 is 0. The molecule has 0 atom stereocenters. The van der Waals surface area contributed by atoms with E-state index in [1.807, 2.05) is 0 Å². The normalized spacial score (nSPS) is 12.0. The van der Waals surface area contributed by atoms with Crippen LogP contribution in [0, 0.1) is 0 Å². The first-order valence-electron chi connectivity index (χ1n) is 10.9. The highest BCUT2D eigenvalue weighted by Crippen LogP contribution is 2.25. The lowest BCUT2D eigenvalue weighted by Gasteiger charge is -2.39. The molecule has 160 valence electrons. The van der Waals surface area contributed by atoms with Crippen molar-refractivity contribution in [2.75, 3.05) is 26.2 Å². The molecular formula is C20H47NO4P+. The quantitative estimate of drug-likeness (QED) is 0.179. The molecule has 0 amide bonds. The van der Waals surface area contributed by atoms with Crippen molar-refractivity contribution in [2.45, 2.75) is 105 Å². The van der Waals surface area contributed by atoms with E-state index in [1.165, 1.54) is 108 Å². The number of phosphoric acid groups is 1. The van der Waals surface area contributed by atoms with Crippen molar-refractivity contribution in [2.24, 2.45) is 0 Å². The fourth-order valence-corrected chi connectivity index (χ4v) is 3.46. The number of hydrogen-bond donors (Lipinski definition) is 3. The monoisotopic (exact) mass is 396 g/mol. The van der Waals surface area contributed by atoms with Crippen molar-refractivity contribution in [3.8, 4) is 0 Å². The van der Waals surface area contributed by atoms with Gasteiger partial charge in [-0.3, -0.25) is 0 Å². The molecule has 3 N–H and O–H groups in total. The molecule has 0 bridgehead atoms. The molecule has 0 aromatic heterocycles. The Kier molecular flexibility index (Phi) is 20.1. The molecule has 0 aromatic carbocycles. The highest BCUT2D eigenvalue weighted by molar-refractivity contribution is 7.45. The summed E-state index contributed by atoms with van der Waals surface area (Å²) in [6, 6.07) is 0. The Morgan fingerprint density at radius 3 is 0.885 bits per heavy atom. The summed E-state index contributed by atoms with van der Waals surface area (Å²) in [4.78, 5) is 21.6. The molecule has 0 aromatic rings. The third-order valence-corrected chi connectivity index (χ3v) is 4.94. The molecule has 0 saturated carbocycles. The van der Waals surface area contributed by atoms with E-state index in [9.17, 15) is 0 Å². The minimum Gasteiger partial charge on any atom is -0.324 e. The van der Waals surface area contributed by atoms with E-state index in [1.54, 1.807) is 0 Å². The van der Waals surface area contributed by atoms with E-state index in [4.69, 9.17) is 19.2 Å². The molecule has 6 heteroatoms. The van der Waals surface area contributed by atoms with Gasteiger partial charge in [0.05, 0.1) is 26.2 Å². The van der Waals surface area contributed by atoms with Crippen molar-refractivity contribution >= 4 is 7.82 Å². The van der Waals surface area contributed by atoms with Crippen LogP contribution in [0.25, 0.3) is 0 Å². The van der Waals surface area contributed by atoms with Gasteiger partial charge in [-0.05, 0) is 51.4 Å². The van der Waals surface area contributed by atoms with Gasteiger partial charge in [0.15, 0.2) is 0 Å². The molecule has 0 rings (SSSR count). The molecule has 0 aliphatic carbocycles. The lowest BCUT2D eigenvalue weighted by Crippen LogP contribution is -2.50. The number of nitrogens with zero attached hydrogens (tertiary/aromatic N) is 1. The number of unbranched alkanes of at least 4 members (excludes halogenated alkanes) is 8. The second-order valence-electron chi connectivity index (χ2n) is 7.58. The zero-order valence-electron chi connectivity index (χ0n) is 18.0. The van der Waals surface area contributed by atoms with Gasteiger partial charge < -0.3 is 19.2 Å². The molecule has 0 aliphatic heterocycles. The van der Waals surface area contributed by atoms with Crippen molar-refractivity contribution in [3.05, 3.63) is 0 Å². The zero-order chi connectivity index (χ0) is 20.3. The highest BCUT2D eigenvalue weighted by atomic mass is 31.2.